The van der Waals surface area contributed by atoms with E-state index in [1.54, 1.807) is 0 Å². The number of hydrogen-bond donors (Lipinski definition) is 2. The van der Waals surface area contributed by atoms with Crippen molar-refractivity contribution < 1.29 is 4.79 Å². The van der Waals surface area contributed by atoms with Gasteiger partial charge in [0.2, 0.25) is 0 Å². The van der Waals surface area contributed by atoms with E-state index >= 15 is 0 Å². The fraction of sp³-hybridized carbons (Fsp3) is 0.357. The van der Waals surface area contributed by atoms with E-state index in [2.05, 4.69) is 21.4 Å². The molecule has 0 unspecified atom stereocenters. The molecule has 1 aliphatic rings. The van der Waals surface area contributed by atoms with Gasteiger partial charge in [-0.1, -0.05) is 6.07 Å². The van der Waals surface area contributed by atoms with Crippen molar-refractivity contribution in [3.05, 3.63) is 35.2 Å². The summed E-state index contributed by atoms with van der Waals surface area (Å²) in [6.07, 6.45) is 6.43. The quantitative estimate of drug-likeness (QED) is 0.471. The number of nitrogens with zero attached hydrogens (tertiary/aromatic N) is 2. The first-order chi connectivity index (χ1) is 9.33. The fourth-order valence-electron chi connectivity index (χ4n) is 1.97. The number of aromatic nitrogens is 1. The lowest BCUT2D eigenvalue weighted by molar-refractivity contribution is -0.104. The van der Waals surface area contributed by atoms with Crippen LogP contribution in [0, 0.1) is 0 Å². The van der Waals surface area contributed by atoms with E-state index in [4.69, 9.17) is 5.73 Å². The van der Waals surface area contributed by atoms with Crippen molar-refractivity contribution in [3.63, 3.8) is 0 Å². The summed E-state index contributed by atoms with van der Waals surface area (Å²) < 4.78 is 0. The van der Waals surface area contributed by atoms with Gasteiger partial charge in [0.05, 0.1) is 0 Å². The van der Waals surface area contributed by atoms with Gasteiger partial charge in [0, 0.05) is 43.2 Å². The zero-order valence-electron chi connectivity index (χ0n) is 10.8. The highest BCUT2D eigenvalue weighted by molar-refractivity contribution is 6.01. The topological polar surface area (TPSA) is 80.4 Å². The molecule has 5 nitrogen and oxygen atoms in total. The number of aryl methyl sites for hydroxylation is 1. The van der Waals surface area contributed by atoms with Crippen LogP contribution in [0.1, 0.15) is 17.7 Å². The van der Waals surface area contributed by atoms with Crippen LogP contribution in [0.2, 0.25) is 0 Å². The Morgan fingerprint density at radius 3 is 3.21 bits per heavy atom. The molecule has 0 aliphatic carbocycles. The minimum atomic E-state index is 0.389. The van der Waals surface area contributed by atoms with E-state index in [1.165, 1.54) is 18.0 Å². The molecule has 100 valence electrons. The molecule has 1 aromatic heterocycles. The number of aldehydes is 1. The van der Waals surface area contributed by atoms with Gasteiger partial charge in [0.15, 0.2) is 6.29 Å². The molecule has 5 heteroatoms. The maximum Gasteiger partial charge on any atom is 0.153 e. The van der Waals surface area contributed by atoms with Crippen LogP contribution in [0.15, 0.2) is 28.9 Å². The van der Waals surface area contributed by atoms with Crippen LogP contribution in [0.3, 0.4) is 0 Å². The summed E-state index contributed by atoms with van der Waals surface area (Å²) in [6, 6.07) is 4.17. The summed E-state index contributed by atoms with van der Waals surface area (Å²) in [5, 5.41) is 3.31. The number of pyridine rings is 1. The first kappa shape index (κ1) is 13.3. The minimum absolute atomic E-state index is 0.389. The second-order valence-electron chi connectivity index (χ2n) is 4.41. The van der Waals surface area contributed by atoms with E-state index in [0.717, 1.165) is 37.3 Å². The maximum absolute atomic E-state index is 10.5. The number of hydrogen-bond acceptors (Lipinski definition) is 5. The Morgan fingerprint density at radius 2 is 2.42 bits per heavy atom. The normalized spacial score (nSPS) is 15.1. The maximum atomic E-state index is 10.5. The van der Waals surface area contributed by atoms with Gasteiger partial charge >= 0.3 is 0 Å². The third-order valence-corrected chi connectivity index (χ3v) is 3.02. The van der Waals surface area contributed by atoms with Gasteiger partial charge in [0.1, 0.15) is 5.82 Å². The molecule has 0 amide bonds. The molecular weight excluding hydrogens is 240 g/mol. The zero-order valence-corrected chi connectivity index (χ0v) is 10.8. The fourth-order valence-corrected chi connectivity index (χ4v) is 1.97. The number of aliphatic imine (C=N–C) groups is 1. The summed E-state index contributed by atoms with van der Waals surface area (Å²) in [5.74, 6) is 1.00. The van der Waals surface area contributed by atoms with Crippen molar-refractivity contribution in [3.8, 4) is 0 Å². The lowest BCUT2D eigenvalue weighted by Crippen LogP contribution is -2.14. The summed E-state index contributed by atoms with van der Waals surface area (Å²) >= 11 is 0. The van der Waals surface area contributed by atoms with Gasteiger partial charge in [-0.15, -0.1) is 0 Å². The molecule has 2 rings (SSSR count). The van der Waals surface area contributed by atoms with Crippen molar-refractivity contribution in [2.45, 2.75) is 19.3 Å². The largest absolute Gasteiger partial charge is 0.404 e. The van der Waals surface area contributed by atoms with E-state index < -0.39 is 0 Å². The SMILES string of the molecule is NC=C(C=O)C=NCCc1ccc2c(n1)NCCC2. The first-order valence-electron chi connectivity index (χ1n) is 6.43. The second-order valence-corrected chi connectivity index (χ2v) is 4.41. The predicted molar refractivity (Wildman–Crippen MR) is 76.4 cm³/mol. The Balaban J connectivity index is 1.91. The van der Waals surface area contributed by atoms with Gasteiger partial charge < -0.3 is 11.1 Å². The van der Waals surface area contributed by atoms with Crippen LogP contribution in [0.4, 0.5) is 5.82 Å². The van der Waals surface area contributed by atoms with Crippen molar-refractivity contribution in [2.75, 3.05) is 18.4 Å². The first-order valence-corrected chi connectivity index (χ1v) is 6.43. The van der Waals surface area contributed by atoms with Crippen LogP contribution < -0.4 is 11.1 Å². The van der Waals surface area contributed by atoms with Crippen molar-refractivity contribution in [2.24, 2.45) is 10.7 Å². The molecule has 3 N–H and O–H groups in total. The van der Waals surface area contributed by atoms with E-state index in [0.29, 0.717) is 18.4 Å². The van der Waals surface area contributed by atoms with Crippen LogP contribution in [0.5, 0.6) is 0 Å². The smallest absolute Gasteiger partial charge is 0.153 e. The van der Waals surface area contributed by atoms with Crippen LogP contribution >= 0.6 is 0 Å². The molecular formula is C14H18N4O. The molecule has 0 bridgehead atoms. The number of carbonyl (C=O) groups is 1. The third-order valence-electron chi connectivity index (χ3n) is 3.02. The molecule has 0 saturated carbocycles. The third kappa shape index (κ3) is 3.64. The Labute approximate surface area is 112 Å². The number of carbonyl (C=O) groups excluding carboxylic acids is 1. The van der Waals surface area contributed by atoms with Gasteiger partial charge in [-0.2, -0.15) is 0 Å². The van der Waals surface area contributed by atoms with Crippen LogP contribution in [0.25, 0.3) is 0 Å². The number of anilines is 1. The molecule has 2 heterocycles. The Kier molecular flexibility index (Phi) is 4.66. The predicted octanol–water partition coefficient (Wildman–Crippen LogP) is 1.09. The molecule has 19 heavy (non-hydrogen) atoms. The number of fused-ring (bicyclic) bond motifs is 1. The monoisotopic (exact) mass is 258 g/mol. The van der Waals surface area contributed by atoms with Gasteiger partial charge in [-0.25, -0.2) is 4.98 Å². The number of rotatable bonds is 5. The number of nitrogens with two attached hydrogens (primary N) is 1. The van der Waals surface area contributed by atoms with E-state index in [9.17, 15) is 4.79 Å². The molecule has 0 spiro atoms. The molecule has 1 aliphatic heterocycles. The molecule has 0 fully saturated rings. The van der Waals surface area contributed by atoms with Crippen molar-refractivity contribution >= 4 is 18.3 Å². The van der Waals surface area contributed by atoms with Crippen LogP contribution in [-0.4, -0.2) is 30.6 Å². The molecule has 1 aromatic rings. The molecule has 0 radical (unpaired) electrons. The van der Waals surface area contributed by atoms with Crippen LogP contribution in [-0.2, 0) is 17.6 Å². The number of nitrogens with one attached hydrogen (secondary N) is 1. The highest BCUT2D eigenvalue weighted by Crippen LogP contribution is 2.19. The summed E-state index contributed by atoms with van der Waals surface area (Å²) in [6.45, 7) is 1.59. The summed E-state index contributed by atoms with van der Waals surface area (Å²) in [5.41, 5.74) is 7.93. The standard InChI is InChI=1S/C14H18N4O/c15-8-11(10-19)9-16-7-5-13-4-3-12-2-1-6-17-14(12)18-13/h3-4,8-10H,1-2,5-7,15H2,(H,17,18). The van der Waals surface area contributed by atoms with Gasteiger partial charge in [-0.05, 0) is 24.5 Å². The molecule has 0 saturated heterocycles. The van der Waals surface area contributed by atoms with E-state index in [1.807, 2.05) is 6.07 Å². The minimum Gasteiger partial charge on any atom is -0.404 e. The summed E-state index contributed by atoms with van der Waals surface area (Å²) in [4.78, 5) is 19.2. The molecule has 0 aromatic carbocycles. The second kappa shape index (κ2) is 6.68. The average molecular weight is 258 g/mol. The van der Waals surface area contributed by atoms with Gasteiger partial charge in [0.25, 0.3) is 0 Å². The highest BCUT2D eigenvalue weighted by Gasteiger charge is 2.09. The average Bonchev–Trinajstić information content (AvgIpc) is 2.47. The van der Waals surface area contributed by atoms with Crippen molar-refractivity contribution in [1.29, 1.82) is 0 Å². The lowest BCUT2D eigenvalue weighted by atomic mass is 10.1. The highest BCUT2D eigenvalue weighted by atomic mass is 16.1. The zero-order chi connectivity index (χ0) is 13.5. The van der Waals surface area contributed by atoms with E-state index in [-0.39, 0.29) is 0 Å². The van der Waals surface area contributed by atoms with Gasteiger partial charge in [-0.3, -0.25) is 9.79 Å². The Morgan fingerprint density at radius 1 is 1.53 bits per heavy atom. The Hall–Kier alpha value is -2.17. The Bertz CT molecular complexity index is 508. The van der Waals surface area contributed by atoms with Crippen molar-refractivity contribution in [1.82, 2.24) is 4.98 Å². The number of allylic oxidation sites excluding steroid dienone is 1. The lowest BCUT2D eigenvalue weighted by Gasteiger charge is -2.17. The summed E-state index contributed by atoms with van der Waals surface area (Å²) in [7, 11) is 0. The molecule has 0 atom stereocenters.